The molecule has 0 spiro atoms. The van der Waals surface area contributed by atoms with Crippen molar-refractivity contribution >= 4 is 15.9 Å². The lowest BCUT2D eigenvalue weighted by Crippen LogP contribution is -2.47. The minimum atomic E-state index is -3.57. The first kappa shape index (κ1) is 16.2. The summed E-state index contributed by atoms with van der Waals surface area (Å²) in [5.41, 5.74) is 0.683. The number of likely N-dealkylation sites (tertiary alicyclic amines) is 1. The highest BCUT2D eigenvalue weighted by Crippen LogP contribution is 2.39. The number of sulfonamides is 1. The van der Waals surface area contributed by atoms with Gasteiger partial charge in [0, 0.05) is 36.6 Å². The average molecular weight is 357 g/mol. The van der Waals surface area contributed by atoms with E-state index in [2.05, 4.69) is 9.71 Å². The van der Waals surface area contributed by atoms with E-state index in [-0.39, 0.29) is 28.8 Å². The maximum absolute atomic E-state index is 12.6. The molecule has 1 N–H and O–H groups in total. The molecular formula is C18H19N3O3S. The predicted octanol–water partition coefficient (Wildman–Crippen LogP) is 1.66. The standard InChI is InChI=1S/C18H19N3O3S/c22-18(13-5-2-1-3-6-13)21-12-14-9-15(21)10-17(14)20-25(23,24)16-7-4-8-19-11-16/h1-8,11,14-15,17,20H,9-10,12H2/t14-,15-,17-/m0/s1. The van der Waals surface area contributed by atoms with Crippen LogP contribution in [0.5, 0.6) is 0 Å². The van der Waals surface area contributed by atoms with E-state index >= 15 is 0 Å². The lowest BCUT2D eigenvalue weighted by Gasteiger charge is -2.32. The number of hydrogen-bond donors (Lipinski definition) is 1. The van der Waals surface area contributed by atoms with Crippen molar-refractivity contribution in [3.05, 3.63) is 60.4 Å². The van der Waals surface area contributed by atoms with Crippen LogP contribution in [-0.4, -0.2) is 42.8 Å². The number of nitrogens with zero attached hydrogens (tertiary/aromatic N) is 2. The van der Waals surface area contributed by atoms with Crippen LogP contribution in [0.4, 0.5) is 0 Å². The third-order valence-corrected chi connectivity index (χ3v) is 6.55. The molecule has 4 rings (SSSR count). The fourth-order valence-electron chi connectivity index (χ4n) is 3.87. The molecule has 2 fully saturated rings. The zero-order valence-electron chi connectivity index (χ0n) is 13.6. The largest absolute Gasteiger partial charge is 0.335 e. The fraction of sp³-hybridized carbons (Fsp3) is 0.333. The van der Waals surface area contributed by atoms with Crippen LogP contribution in [0, 0.1) is 5.92 Å². The van der Waals surface area contributed by atoms with Crippen LogP contribution in [0.15, 0.2) is 59.8 Å². The molecule has 1 aromatic carbocycles. The first-order chi connectivity index (χ1) is 12.0. The van der Waals surface area contributed by atoms with Gasteiger partial charge in [0.2, 0.25) is 10.0 Å². The van der Waals surface area contributed by atoms with Crippen LogP contribution >= 0.6 is 0 Å². The smallest absolute Gasteiger partial charge is 0.254 e. The van der Waals surface area contributed by atoms with Crippen molar-refractivity contribution in [2.45, 2.75) is 29.8 Å². The first-order valence-electron chi connectivity index (χ1n) is 8.33. The molecule has 130 valence electrons. The molecule has 1 aliphatic carbocycles. The molecule has 2 aromatic rings. The summed E-state index contributed by atoms with van der Waals surface area (Å²) in [6, 6.07) is 12.3. The number of piperidine rings is 1. The number of fused-ring (bicyclic) bond motifs is 2. The number of hydrogen-bond acceptors (Lipinski definition) is 4. The Labute approximate surface area is 146 Å². The molecule has 1 amide bonds. The van der Waals surface area contributed by atoms with Gasteiger partial charge in [0.25, 0.3) is 5.91 Å². The third-order valence-electron chi connectivity index (χ3n) is 5.07. The molecule has 7 heteroatoms. The van der Waals surface area contributed by atoms with Crippen LogP contribution in [0.25, 0.3) is 0 Å². The highest BCUT2D eigenvalue weighted by atomic mass is 32.2. The van der Waals surface area contributed by atoms with Crippen molar-refractivity contribution in [2.75, 3.05) is 6.54 Å². The van der Waals surface area contributed by atoms with E-state index in [0.29, 0.717) is 18.5 Å². The SMILES string of the molecule is O=C(c1ccccc1)N1C[C@@H]2C[C@H]1C[C@@H]2NS(=O)(=O)c1cccnc1. The summed E-state index contributed by atoms with van der Waals surface area (Å²) in [5.74, 6) is 0.186. The molecule has 6 nitrogen and oxygen atoms in total. The van der Waals surface area contributed by atoms with Gasteiger partial charge in [-0.2, -0.15) is 0 Å². The Balaban J connectivity index is 1.44. The summed E-state index contributed by atoms with van der Waals surface area (Å²) >= 11 is 0. The summed E-state index contributed by atoms with van der Waals surface area (Å²) in [5, 5.41) is 0. The Bertz CT molecular complexity index is 871. The maximum atomic E-state index is 12.6. The molecule has 2 heterocycles. The molecule has 2 bridgehead atoms. The number of benzene rings is 1. The minimum absolute atomic E-state index is 0.0293. The summed E-state index contributed by atoms with van der Waals surface area (Å²) < 4.78 is 27.7. The van der Waals surface area contributed by atoms with Gasteiger partial charge < -0.3 is 4.90 Å². The van der Waals surface area contributed by atoms with Gasteiger partial charge in [-0.3, -0.25) is 9.78 Å². The van der Waals surface area contributed by atoms with E-state index in [1.807, 2.05) is 35.2 Å². The second kappa shape index (κ2) is 6.24. The molecule has 2 aliphatic rings. The molecule has 1 aliphatic heterocycles. The van der Waals surface area contributed by atoms with Crippen molar-refractivity contribution < 1.29 is 13.2 Å². The predicted molar refractivity (Wildman–Crippen MR) is 92.3 cm³/mol. The van der Waals surface area contributed by atoms with E-state index < -0.39 is 10.0 Å². The third kappa shape index (κ3) is 3.05. The molecular weight excluding hydrogens is 338 g/mol. The van der Waals surface area contributed by atoms with E-state index in [9.17, 15) is 13.2 Å². The van der Waals surface area contributed by atoms with Crippen molar-refractivity contribution in [3.63, 3.8) is 0 Å². The molecule has 3 atom stereocenters. The average Bonchev–Trinajstić information content (AvgIpc) is 3.22. The number of carbonyl (C=O) groups is 1. The number of carbonyl (C=O) groups excluding carboxylic acids is 1. The summed E-state index contributed by atoms with van der Waals surface area (Å²) in [6.45, 7) is 0.596. The Morgan fingerprint density at radius 3 is 2.56 bits per heavy atom. The van der Waals surface area contributed by atoms with Gasteiger partial charge in [-0.1, -0.05) is 18.2 Å². The van der Waals surface area contributed by atoms with Crippen molar-refractivity contribution in [3.8, 4) is 0 Å². The van der Waals surface area contributed by atoms with Crippen LogP contribution in [0.1, 0.15) is 23.2 Å². The van der Waals surface area contributed by atoms with Gasteiger partial charge in [-0.15, -0.1) is 0 Å². The van der Waals surface area contributed by atoms with Crippen LogP contribution in [0.2, 0.25) is 0 Å². The quantitative estimate of drug-likeness (QED) is 0.903. The normalized spacial score (nSPS) is 25.3. The maximum Gasteiger partial charge on any atom is 0.254 e. The lowest BCUT2D eigenvalue weighted by atomic mass is 10.0. The van der Waals surface area contributed by atoms with E-state index in [1.165, 1.54) is 12.3 Å². The highest BCUT2D eigenvalue weighted by molar-refractivity contribution is 7.89. The van der Waals surface area contributed by atoms with Crippen molar-refractivity contribution in [2.24, 2.45) is 5.92 Å². The van der Waals surface area contributed by atoms with Gasteiger partial charge >= 0.3 is 0 Å². The fourth-order valence-corrected chi connectivity index (χ4v) is 5.15. The molecule has 1 aromatic heterocycles. The molecule has 25 heavy (non-hydrogen) atoms. The first-order valence-corrected chi connectivity index (χ1v) is 9.81. The van der Waals surface area contributed by atoms with Crippen molar-refractivity contribution in [1.29, 1.82) is 0 Å². The second-order valence-corrected chi connectivity index (χ2v) is 8.34. The zero-order chi connectivity index (χ0) is 17.4. The lowest BCUT2D eigenvalue weighted by molar-refractivity contribution is 0.0691. The Morgan fingerprint density at radius 2 is 1.92 bits per heavy atom. The van der Waals surface area contributed by atoms with Gasteiger partial charge in [0.15, 0.2) is 0 Å². The molecule has 0 unspecified atom stereocenters. The zero-order valence-corrected chi connectivity index (χ0v) is 14.4. The van der Waals surface area contributed by atoms with Gasteiger partial charge in [0.1, 0.15) is 4.90 Å². The number of amides is 1. The summed E-state index contributed by atoms with van der Waals surface area (Å²) in [6.07, 6.45) is 4.39. The van der Waals surface area contributed by atoms with Crippen LogP contribution in [-0.2, 0) is 10.0 Å². The van der Waals surface area contributed by atoms with Crippen molar-refractivity contribution in [1.82, 2.24) is 14.6 Å². The number of aromatic nitrogens is 1. The monoisotopic (exact) mass is 357 g/mol. The Morgan fingerprint density at radius 1 is 1.12 bits per heavy atom. The minimum Gasteiger partial charge on any atom is -0.335 e. The van der Waals surface area contributed by atoms with Gasteiger partial charge in [0.05, 0.1) is 0 Å². The second-order valence-electron chi connectivity index (χ2n) is 6.63. The van der Waals surface area contributed by atoms with E-state index in [0.717, 1.165) is 6.42 Å². The molecule has 1 saturated heterocycles. The van der Waals surface area contributed by atoms with E-state index in [1.54, 1.807) is 12.3 Å². The highest BCUT2D eigenvalue weighted by Gasteiger charge is 2.47. The number of pyridine rings is 1. The number of rotatable bonds is 4. The van der Waals surface area contributed by atoms with Gasteiger partial charge in [-0.05, 0) is 43.0 Å². The summed E-state index contributed by atoms with van der Waals surface area (Å²) in [7, 11) is -3.57. The van der Waals surface area contributed by atoms with Crippen LogP contribution in [0.3, 0.4) is 0 Å². The van der Waals surface area contributed by atoms with E-state index in [4.69, 9.17) is 0 Å². The number of nitrogens with one attached hydrogen (secondary N) is 1. The summed E-state index contributed by atoms with van der Waals surface area (Å²) in [4.78, 5) is 18.6. The van der Waals surface area contributed by atoms with Gasteiger partial charge in [-0.25, -0.2) is 13.1 Å². The molecule has 0 radical (unpaired) electrons. The Hall–Kier alpha value is -2.25. The van der Waals surface area contributed by atoms with Crippen LogP contribution < -0.4 is 4.72 Å². The Kier molecular flexibility index (Phi) is 4.05. The topological polar surface area (TPSA) is 79.4 Å². The molecule has 1 saturated carbocycles.